The second-order valence-electron chi connectivity index (χ2n) is 4.06. The first-order chi connectivity index (χ1) is 7.81. The Morgan fingerprint density at radius 3 is 3.25 bits per heavy atom. The quantitative estimate of drug-likeness (QED) is 0.752. The molecular weight excluding hydrogens is 206 g/mol. The standard InChI is InChI=1S/C11H17N3O2/c12-3-4-14-6-10(13-8-14)11(15)9-2-1-5-16-7-9/h6,8-9H,1-5,7,12H2. The molecule has 1 fully saturated rings. The molecule has 2 rings (SSSR count). The fourth-order valence-electron chi connectivity index (χ4n) is 1.92. The van der Waals surface area contributed by atoms with Gasteiger partial charge in [-0.1, -0.05) is 0 Å². The van der Waals surface area contributed by atoms with Gasteiger partial charge >= 0.3 is 0 Å². The van der Waals surface area contributed by atoms with Gasteiger partial charge in [0.25, 0.3) is 0 Å². The van der Waals surface area contributed by atoms with Crippen molar-refractivity contribution in [1.82, 2.24) is 9.55 Å². The predicted octanol–water partition coefficient (Wildman–Crippen LogP) is 0.451. The molecule has 1 unspecified atom stereocenters. The van der Waals surface area contributed by atoms with Crippen LogP contribution in [0.1, 0.15) is 23.3 Å². The lowest BCUT2D eigenvalue weighted by atomic mass is 9.96. The molecule has 1 aromatic rings. The second-order valence-corrected chi connectivity index (χ2v) is 4.06. The van der Waals surface area contributed by atoms with Crippen molar-refractivity contribution in [2.75, 3.05) is 19.8 Å². The molecule has 5 nitrogen and oxygen atoms in total. The van der Waals surface area contributed by atoms with E-state index in [1.807, 2.05) is 4.57 Å². The molecule has 0 amide bonds. The molecule has 0 radical (unpaired) electrons. The molecule has 1 aliphatic rings. The number of rotatable bonds is 4. The number of hydrogen-bond donors (Lipinski definition) is 1. The van der Waals surface area contributed by atoms with Crippen LogP contribution in [-0.2, 0) is 11.3 Å². The number of aromatic nitrogens is 2. The Bertz CT molecular complexity index is 356. The zero-order chi connectivity index (χ0) is 11.4. The molecule has 2 N–H and O–H groups in total. The molecule has 1 saturated heterocycles. The number of carbonyl (C=O) groups excluding carboxylic acids is 1. The van der Waals surface area contributed by atoms with Gasteiger partial charge in [-0.05, 0) is 12.8 Å². The van der Waals surface area contributed by atoms with Crippen LogP contribution in [-0.4, -0.2) is 35.1 Å². The molecule has 0 aliphatic carbocycles. The molecule has 0 spiro atoms. The van der Waals surface area contributed by atoms with Crippen molar-refractivity contribution in [3.05, 3.63) is 18.2 Å². The highest BCUT2D eigenvalue weighted by atomic mass is 16.5. The van der Waals surface area contributed by atoms with Gasteiger partial charge < -0.3 is 15.0 Å². The summed E-state index contributed by atoms with van der Waals surface area (Å²) in [6, 6.07) is 0. The third-order valence-electron chi connectivity index (χ3n) is 2.80. The molecule has 1 aliphatic heterocycles. The number of ether oxygens (including phenoxy) is 1. The van der Waals surface area contributed by atoms with Gasteiger partial charge in [0.1, 0.15) is 5.69 Å². The number of ketones is 1. The first kappa shape index (κ1) is 11.3. The molecule has 88 valence electrons. The molecule has 5 heteroatoms. The summed E-state index contributed by atoms with van der Waals surface area (Å²) < 4.78 is 7.15. The zero-order valence-corrected chi connectivity index (χ0v) is 9.26. The summed E-state index contributed by atoms with van der Waals surface area (Å²) in [6.07, 6.45) is 5.29. The summed E-state index contributed by atoms with van der Waals surface area (Å²) in [6.45, 7) is 2.55. The SMILES string of the molecule is NCCn1cnc(C(=O)C2CCCOC2)c1. The van der Waals surface area contributed by atoms with Gasteiger partial charge in [-0.3, -0.25) is 4.79 Å². The lowest BCUT2D eigenvalue weighted by molar-refractivity contribution is 0.0458. The van der Waals surface area contributed by atoms with Crippen LogP contribution < -0.4 is 5.73 Å². The van der Waals surface area contributed by atoms with E-state index in [9.17, 15) is 4.79 Å². The fourth-order valence-corrected chi connectivity index (χ4v) is 1.92. The Hall–Kier alpha value is -1.20. The van der Waals surface area contributed by atoms with E-state index in [4.69, 9.17) is 10.5 Å². The van der Waals surface area contributed by atoms with Gasteiger partial charge in [0, 0.05) is 31.8 Å². The number of hydrogen-bond acceptors (Lipinski definition) is 4. The van der Waals surface area contributed by atoms with Gasteiger partial charge in [-0.2, -0.15) is 0 Å². The summed E-state index contributed by atoms with van der Waals surface area (Å²) in [7, 11) is 0. The largest absolute Gasteiger partial charge is 0.381 e. The first-order valence-corrected chi connectivity index (χ1v) is 5.65. The van der Waals surface area contributed by atoms with Crippen LogP contribution in [0.25, 0.3) is 0 Å². The van der Waals surface area contributed by atoms with E-state index in [2.05, 4.69) is 4.98 Å². The maximum Gasteiger partial charge on any atom is 0.188 e. The highest BCUT2D eigenvalue weighted by Crippen LogP contribution is 2.17. The maximum atomic E-state index is 12.0. The first-order valence-electron chi connectivity index (χ1n) is 5.65. The fraction of sp³-hybridized carbons (Fsp3) is 0.636. The maximum absolute atomic E-state index is 12.0. The van der Waals surface area contributed by atoms with Gasteiger partial charge in [-0.25, -0.2) is 4.98 Å². The highest BCUT2D eigenvalue weighted by Gasteiger charge is 2.24. The van der Waals surface area contributed by atoms with E-state index in [-0.39, 0.29) is 11.7 Å². The number of nitrogens with two attached hydrogens (primary N) is 1. The van der Waals surface area contributed by atoms with Crippen LogP contribution in [0.15, 0.2) is 12.5 Å². The second kappa shape index (κ2) is 5.23. The highest BCUT2D eigenvalue weighted by molar-refractivity contribution is 5.96. The lowest BCUT2D eigenvalue weighted by Gasteiger charge is -2.19. The average molecular weight is 223 g/mol. The monoisotopic (exact) mass is 223 g/mol. The molecule has 1 atom stereocenters. The van der Waals surface area contributed by atoms with Crippen molar-refractivity contribution in [1.29, 1.82) is 0 Å². The number of carbonyl (C=O) groups is 1. The van der Waals surface area contributed by atoms with Crippen LogP contribution in [0.4, 0.5) is 0 Å². The topological polar surface area (TPSA) is 70.1 Å². The van der Waals surface area contributed by atoms with Crippen molar-refractivity contribution >= 4 is 5.78 Å². The molecule has 1 aromatic heterocycles. The molecular formula is C11H17N3O2. The normalized spacial score (nSPS) is 20.9. The molecule has 0 aromatic carbocycles. The van der Waals surface area contributed by atoms with E-state index in [1.165, 1.54) is 0 Å². The van der Waals surface area contributed by atoms with Crippen molar-refractivity contribution < 1.29 is 9.53 Å². The minimum Gasteiger partial charge on any atom is -0.381 e. The van der Waals surface area contributed by atoms with Crippen molar-refractivity contribution in [3.63, 3.8) is 0 Å². The van der Waals surface area contributed by atoms with E-state index in [0.717, 1.165) is 19.4 Å². The van der Waals surface area contributed by atoms with Crippen LogP contribution in [0.2, 0.25) is 0 Å². The van der Waals surface area contributed by atoms with Gasteiger partial charge in [0.2, 0.25) is 0 Å². The third-order valence-corrected chi connectivity index (χ3v) is 2.80. The van der Waals surface area contributed by atoms with E-state index in [0.29, 0.717) is 25.4 Å². The third kappa shape index (κ3) is 2.48. The van der Waals surface area contributed by atoms with Crippen molar-refractivity contribution in [2.45, 2.75) is 19.4 Å². The number of Topliss-reactive ketones (excluding diaryl/α,β-unsaturated/α-hetero) is 1. The van der Waals surface area contributed by atoms with Gasteiger partial charge in [0.15, 0.2) is 5.78 Å². The van der Waals surface area contributed by atoms with Crippen LogP contribution in [0.5, 0.6) is 0 Å². The minimum atomic E-state index is -0.0185. The molecule has 16 heavy (non-hydrogen) atoms. The average Bonchev–Trinajstić information content (AvgIpc) is 2.78. The Kier molecular flexibility index (Phi) is 3.69. The van der Waals surface area contributed by atoms with Gasteiger partial charge in [-0.15, -0.1) is 0 Å². The van der Waals surface area contributed by atoms with E-state index in [1.54, 1.807) is 12.5 Å². The summed E-state index contributed by atoms with van der Waals surface area (Å²) in [5.74, 6) is 0.0745. The Labute approximate surface area is 94.6 Å². The zero-order valence-electron chi connectivity index (χ0n) is 9.26. The summed E-state index contributed by atoms with van der Waals surface area (Å²) >= 11 is 0. The Morgan fingerprint density at radius 2 is 2.56 bits per heavy atom. The molecule has 0 saturated carbocycles. The van der Waals surface area contributed by atoms with Crippen molar-refractivity contribution in [3.8, 4) is 0 Å². The summed E-state index contributed by atoms with van der Waals surface area (Å²) in [5.41, 5.74) is 5.97. The number of imidazole rings is 1. The van der Waals surface area contributed by atoms with Crippen LogP contribution in [0, 0.1) is 5.92 Å². The predicted molar refractivity (Wildman–Crippen MR) is 59.2 cm³/mol. The minimum absolute atomic E-state index is 0.0185. The lowest BCUT2D eigenvalue weighted by Crippen LogP contribution is -2.25. The molecule has 0 bridgehead atoms. The number of nitrogens with zero attached hydrogens (tertiary/aromatic N) is 2. The Balaban J connectivity index is 2.01. The van der Waals surface area contributed by atoms with Crippen LogP contribution in [0.3, 0.4) is 0 Å². The van der Waals surface area contributed by atoms with Crippen molar-refractivity contribution in [2.24, 2.45) is 11.7 Å². The van der Waals surface area contributed by atoms with E-state index < -0.39 is 0 Å². The van der Waals surface area contributed by atoms with Crippen LogP contribution >= 0.6 is 0 Å². The smallest absolute Gasteiger partial charge is 0.188 e. The Morgan fingerprint density at radius 1 is 1.69 bits per heavy atom. The molecule has 2 heterocycles. The van der Waals surface area contributed by atoms with E-state index >= 15 is 0 Å². The summed E-state index contributed by atoms with van der Waals surface area (Å²) in [5, 5.41) is 0. The van der Waals surface area contributed by atoms with Gasteiger partial charge in [0.05, 0.1) is 12.9 Å². The summed E-state index contributed by atoms with van der Waals surface area (Å²) in [4.78, 5) is 16.1.